The molecule has 2 rings (SSSR count). The average molecular weight is 176 g/mol. The van der Waals surface area contributed by atoms with Crippen LogP contribution in [0.2, 0.25) is 0 Å². The molecule has 0 saturated carbocycles. The second-order valence-electron chi connectivity index (χ2n) is 4.95. The molecular weight excluding hydrogens is 160 g/mol. The molecule has 0 amide bonds. The Morgan fingerprint density at radius 3 is 2.85 bits per heavy atom. The molecule has 2 aliphatic rings. The summed E-state index contributed by atoms with van der Waals surface area (Å²) in [5.74, 6) is 0.276. The van der Waals surface area contributed by atoms with Gasteiger partial charge in [0.2, 0.25) is 0 Å². The number of rotatable bonds is 0. The largest absolute Gasteiger partial charge is 0.294 e. The molecule has 0 bridgehead atoms. The van der Waals surface area contributed by atoms with E-state index in [0.717, 1.165) is 12.8 Å². The lowest BCUT2D eigenvalue weighted by molar-refractivity contribution is -0.114. The summed E-state index contributed by atoms with van der Waals surface area (Å²) < 4.78 is 0. The lowest BCUT2D eigenvalue weighted by Gasteiger charge is -2.33. The summed E-state index contributed by atoms with van der Waals surface area (Å²) in [7, 11) is 0. The van der Waals surface area contributed by atoms with E-state index in [-0.39, 0.29) is 5.78 Å². The molecular formula is C12H16O. The lowest BCUT2D eigenvalue weighted by Crippen LogP contribution is -2.20. The van der Waals surface area contributed by atoms with Crippen molar-refractivity contribution in [1.82, 2.24) is 0 Å². The van der Waals surface area contributed by atoms with Gasteiger partial charge in [-0.1, -0.05) is 25.5 Å². The van der Waals surface area contributed by atoms with E-state index < -0.39 is 0 Å². The minimum Gasteiger partial charge on any atom is -0.294 e. The van der Waals surface area contributed by atoms with Gasteiger partial charge in [0, 0.05) is 6.42 Å². The van der Waals surface area contributed by atoms with Crippen LogP contribution >= 0.6 is 0 Å². The Bertz CT molecular complexity index is 305. The first-order valence-electron chi connectivity index (χ1n) is 4.99. The van der Waals surface area contributed by atoms with Gasteiger partial charge < -0.3 is 0 Å². The van der Waals surface area contributed by atoms with Crippen LogP contribution in [0.1, 0.15) is 39.5 Å². The molecule has 0 radical (unpaired) electrons. The number of ketones is 1. The summed E-state index contributed by atoms with van der Waals surface area (Å²) in [4.78, 5) is 11.2. The minimum absolute atomic E-state index is 0.276. The van der Waals surface area contributed by atoms with Crippen LogP contribution < -0.4 is 0 Å². The van der Waals surface area contributed by atoms with Gasteiger partial charge in [-0.15, -0.1) is 0 Å². The summed E-state index contributed by atoms with van der Waals surface area (Å²) in [5.41, 5.74) is 3.26. The molecule has 0 spiro atoms. The van der Waals surface area contributed by atoms with Crippen molar-refractivity contribution >= 4 is 5.78 Å². The summed E-state index contributed by atoms with van der Waals surface area (Å²) in [6, 6.07) is 0. The second kappa shape index (κ2) is 2.83. The van der Waals surface area contributed by atoms with Gasteiger partial charge in [-0.2, -0.15) is 0 Å². The zero-order valence-corrected chi connectivity index (χ0v) is 8.39. The normalized spacial score (nSPS) is 26.2. The van der Waals surface area contributed by atoms with Crippen LogP contribution in [0.25, 0.3) is 0 Å². The Morgan fingerprint density at radius 2 is 2.08 bits per heavy atom. The lowest BCUT2D eigenvalue weighted by atomic mass is 9.72. The van der Waals surface area contributed by atoms with Crippen molar-refractivity contribution in [2.75, 3.05) is 0 Å². The monoisotopic (exact) mass is 176 g/mol. The van der Waals surface area contributed by atoms with E-state index in [2.05, 4.69) is 13.8 Å². The topological polar surface area (TPSA) is 17.1 Å². The fourth-order valence-electron chi connectivity index (χ4n) is 2.22. The third-order valence-corrected chi connectivity index (χ3v) is 3.08. The predicted octanol–water partition coefficient (Wildman–Crippen LogP) is 3.02. The molecule has 1 nitrogen and oxygen atoms in total. The summed E-state index contributed by atoms with van der Waals surface area (Å²) in [6.07, 6.45) is 7.95. The zero-order valence-electron chi connectivity index (χ0n) is 8.39. The van der Waals surface area contributed by atoms with Gasteiger partial charge in [0.05, 0.1) is 0 Å². The molecule has 0 aromatic carbocycles. The van der Waals surface area contributed by atoms with Crippen LogP contribution in [-0.2, 0) is 4.79 Å². The molecule has 0 aliphatic heterocycles. The van der Waals surface area contributed by atoms with Crippen molar-refractivity contribution in [3.63, 3.8) is 0 Å². The van der Waals surface area contributed by atoms with Crippen LogP contribution in [0, 0.1) is 5.41 Å². The van der Waals surface area contributed by atoms with E-state index >= 15 is 0 Å². The van der Waals surface area contributed by atoms with Crippen molar-refractivity contribution in [3.05, 3.63) is 23.3 Å². The van der Waals surface area contributed by atoms with Crippen molar-refractivity contribution in [3.8, 4) is 0 Å². The molecule has 0 aromatic heterocycles. The SMILES string of the molecule is CC1(C)CCC2=C(C=CC(=O)C2)C1. The van der Waals surface area contributed by atoms with Crippen molar-refractivity contribution in [2.24, 2.45) is 5.41 Å². The summed E-state index contributed by atoms with van der Waals surface area (Å²) >= 11 is 0. The molecule has 13 heavy (non-hydrogen) atoms. The smallest absolute Gasteiger partial charge is 0.159 e. The van der Waals surface area contributed by atoms with E-state index in [1.165, 1.54) is 17.6 Å². The first-order valence-corrected chi connectivity index (χ1v) is 4.99. The van der Waals surface area contributed by atoms with Crippen LogP contribution in [-0.4, -0.2) is 5.78 Å². The average Bonchev–Trinajstić information content (AvgIpc) is 2.05. The molecule has 0 heterocycles. The third-order valence-electron chi connectivity index (χ3n) is 3.08. The van der Waals surface area contributed by atoms with Gasteiger partial charge in [0.25, 0.3) is 0 Å². The van der Waals surface area contributed by atoms with Gasteiger partial charge in [0.1, 0.15) is 0 Å². The van der Waals surface area contributed by atoms with E-state index in [0.29, 0.717) is 11.8 Å². The maximum atomic E-state index is 11.2. The molecule has 0 aromatic rings. The number of carbonyl (C=O) groups excluding carboxylic acids is 1. The zero-order chi connectivity index (χ0) is 9.47. The van der Waals surface area contributed by atoms with E-state index in [1.54, 1.807) is 6.08 Å². The third kappa shape index (κ3) is 1.74. The predicted molar refractivity (Wildman–Crippen MR) is 53.4 cm³/mol. The minimum atomic E-state index is 0.276. The van der Waals surface area contributed by atoms with Crippen LogP contribution in [0.5, 0.6) is 0 Å². The van der Waals surface area contributed by atoms with E-state index in [9.17, 15) is 4.79 Å². The number of hydrogen-bond acceptors (Lipinski definition) is 1. The summed E-state index contributed by atoms with van der Waals surface area (Å²) in [5, 5.41) is 0. The quantitative estimate of drug-likeness (QED) is 0.554. The Labute approximate surface area is 79.5 Å². The molecule has 0 saturated heterocycles. The standard InChI is InChI=1S/C12H16O/c1-12(2)6-5-9-7-11(13)4-3-10(9)8-12/h3-4H,5-8H2,1-2H3. The van der Waals surface area contributed by atoms with Crippen LogP contribution in [0.15, 0.2) is 23.3 Å². The van der Waals surface area contributed by atoms with Gasteiger partial charge in [-0.05, 0) is 36.3 Å². The van der Waals surface area contributed by atoms with Crippen molar-refractivity contribution in [2.45, 2.75) is 39.5 Å². The fraction of sp³-hybridized carbons (Fsp3) is 0.583. The highest BCUT2D eigenvalue weighted by Gasteiger charge is 2.27. The molecule has 0 N–H and O–H groups in total. The van der Waals surface area contributed by atoms with Gasteiger partial charge in [-0.25, -0.2) is 0 Å². The molecule has 2 aliphatic carbocycles. The fourth-order valence-corrected chi connectivity index (χ4v) is 2.22. The van der Waals surface area contributed by atoms with Gasteiger partial charge in [-0.3, -0.25) is 4.79 Å². The maximum absolute atomic E-state index is 11.2. The van der Waals surface area contributed by atoms with Gasteiger partial charge in [0.15, 0.2) is 5.78 Å². The molecule has 70 valence electrons. The second-order valence-corrected chi connectivity index (χ2v) is 4.95. The highest BCUT2D eigenvalue weighted by atomic mass is 16.1. The highest BCUT2D eigenvalue weighted by molar-refractivity contribution is 5.93. The molecule has 1 heteroatoms. The van der Waals surface area contributed by atoms with E-state index in [4.69, 9.17) is 0 Å². The Kier molecular flexibility index (Phi) is 1.90. The first kappa shape index (κ1) is 8.74. The van der Waals surface area contributed by atoms with Crippen LogP contribution in [0.3, 0.4) is 0 Å². The summed E-state index contributed by atoms with van der Waals surface area (Å²) in [6.45, 7) is 4.61. The molecule has 0 fully saturated rings. The number of carbonyl (C=O) groups is 1. The van der Waals surface area contributed by atoms with E-state index in [1.807, 2.05) is 6.08 Å². The Hall–Kier alpha value is -0.850. The molecule has 0 atom stereocenters. The Morgan fingerprint density at radius 1 is 1.31 bits per heavy atom. The Balaban J connectivity index is 2.25. The number of hydrogen-bond donors (Lipinski definition) is 0. The first-order chi connectivity index (χ1) is 6.07. The van der Waals surface area contributed by atoms with Crippen molar-refractivity contribution < 1.29 is 4.79 Å². The molecule has 0 unspecified atom stereocenters. The van der Waals surface area contributed by atoms with Gasteiger partial charge >= 0.3 is 0 Å². The van der Waals surface area contributed by atoms with Crippen LogP contribution in [0.4, 0.5) is 0 Å². The van der Waals surface area contributed by atoms with Crippen molar-refractivity contribution in [1.29, 1.82) is 0 Å². The maximum Gasteiger partial charge on any atom is 0.159 e. The highest BCUT2D eigenvalue weighted by Crippen LogP contribution is 2.41. The number of allylic oxidation sites excluding steroid dienone is 4.